The molecule has 8 nitrogen and oxygen atoms in total. The minimum Gasteiger partial charge on any atom is -0.485 e. The summed E-state index contributed by atoms with van der Waals surface area (Å²) in [4.78, 5) is 3.34. The number of nitrogens with zero attached hydrogens (tertiary/aromatic N) is 1. The van der Waals surface area contributed by atoms with Crippen molar-refractivity contribution in [1.29, 1.82) is 0 Å². The van der Waals surface area contributed by atoms with Crippen LogP contribution in [0, 0.1) is 0 Å². The van der Waals surface area contributed by atoms with Crippen molar-refractivity contribution in [1.82, 2.24) is 10.3 Å². The standard InChI is InChI=1S/C22H19F6N3O5S3/c1-20(8-10-29-12-20)36-16-11-13(4-5-14(16)21(23,24)25)31-39(34,35)18-7-6-17(37-18)38(32,33)19-15(22(26,27)28)3-2-9-30-19/h2-7,9,11,29,31H,8,10,12H2,1H3/t20-/m1/s1. The van der Waals surface area contributed by atoms with Crippen molar-refractivity contribution >= 4 is 36.9 Å². The first-order valence-electron chi connectivity index (χ1n) is 10.9. The molecule has 1 saturated heterocycles. The largest absolute Gasteiger partial charge is 0.485 e. The van der Waals surface area contributed by atoms with Crippen LogP contribution in [-0.4, -0.2) is 40.5 Å². The number of anilines is 1. The third-order valence-corrected chi connectivity index (χ3v) is 10.8. The molecule has 1 fully saturated rings. The molecule has 0 aliphatic carbocycles. The smallest absolute Gasteiger partial charge is 0.419 e. The molecule has 1 atom stereocenters. The van der Waals surface area contributed by atoms with E-state index in [4.69, 9.17) is 4.74 Å². The van der Waals surface area contributed by atoms with Crippen molar-refractivity contribution in [2.75, 3.05) is 17.8 Å². The highest BCUT2D eigenvalue weighted by Gasteiger charge is 2.40. The van der Waals surface area contributed by atoms with Gasteiger partial charge in [-0.3, -0.25) is 4.72 Å². The van der Waals surface area contributed by atoms with E-state index < -0.39 is 68.1 Å². The molecular weight excluding hydrogens is 596 g/mol. The van der Waals surface area contributed by atoms with Gasteiger partial charge in [-0.05, 0) is 49.9 Å². The third kappa shape index (κ3) is 6.15. The van der Waals surface area contributed by atoms with Crippen LogP contribution in [0.2, 0.25) is 0 Å². The summed E-state index contributed by atoms with van der Waals surface area (Å²) in [6, 6.07) is 5.45. The molecule has 212 valence electrons. The molecule has 0 unspecified atom stereocenters. The van der Waals surface area contributed by atoms with Gasteiger partial charge < -0.3 is 10.1 Å². The molecule has 3 heterocycles. The first-order chi connectivity index (χ1) is 17.9. The summed E-state index contributed by atoms with van der Waals surface area (Å²) >= 11 is 0.152. The van der Waals surface area contributed by atoms with Gasteiger partial charge in [0.15, 0.2) is 5.03 Å². The number of rotatable bonds is 7. The second-order valence-corrected chi connectivity index (χ2v) is 13.8. The molecule has 2 N–H and O–H groups in total. The molecule has 1 aliphatic heterocycles. The maximum atomic E-state index is 13.6. The van der Waals surface area contributed by atoms with Gasteiger partial charge in [0.25, 0.3) is 10.0 Å². The molecule has 0 spiro atoms. The van der Waals surface area contributed by atoms with E-state index in [0.717, 1.165) is 36.5 Å². The number of aromatic nitrogens is 1. The number of sulfone groups is 1. The maximum Gasteiger partial charge on any atom is 0.419 e. The number of benzene rings is 1. The first-order valence-corrected chi connectivity index (χ1v) is 14.7. The van der Waals surface area contributed by atoms with E-state index in [9.17, 15) is 43.2 Å². The minimum atomic E-state index is -5.04. The Morgan fingerprint density at radius 1 is 0.974 bits per heavy atom. The number of alkyl halides is 6. The van der Waals surface area contributed by atoms with Gasteiger partial charge in [-0.15, -0.1) is 11.3 Å². The molecule has 0 radical (unpaired) electrons. The summed E-state index contributed by atoms with van der Waals surface area (Å²) in [5.74, 6) is -0.613. The van der Waals surface area contributed by atoms with Gasteiger partial charge in [0, 0.05) is 25.2 Å². The lowest BCUT2D eigenvalue weighted by Crippen LogP contribution is -2.35. The Hall–Kier alpha value is -2.89. The van der Waals surface area contributed by atoms with Crippen LogP contribution in [0.4, 0.5) is 32.0 Å². The van der Waals surface area contributed by atoms with E-state index in [1.807, 2.05) is 0 Å². The number of pyridine rings is 1. The fraction of sp³-hybridized carbons (Fsp3) is 0.318. The van der Waals surface area contributed by atoms with Crippen LogP contribution in [-0.2, 0) is 32.2 Å². The van der Waals surface area contributed by atoms with Crippen LogP contribution in [0.15, 0.2) is 62.1 Å². The summed E-state index contributed by atoms with van der Waals surface area (Å²) < 4.78 is 139. The maximum absolute atomic E-state index is 13.6. The number of hydrogen-bond donors (Lipinski definition) is 2. The van der Waals surface area contributed by atoms with Crippen molar-refractivity contribution in [3.8, 4) is 5.75 Å². The number of ether oxygens (including phenoxy) is 1. The van der Waals surface area contributed by atoms with Crippen LogP contribution in [0.25, 0.3) is 0 Å². The molecule has 2 aromatic heterocycles. The van der Waals surface area contributed by atoms with Gasteiger partial charge in [0.2, 0.25) is 9.84 Å². The number of sulfonamides is 1. The second-order valence-electron chi connectivity index (χ2n) is 8.72. The molecule has 4 rings (SSSR count). The van der Waals surface area contributed by atoms with E-state index in [1.54, 1.807) is 6.92 Å². The molecule has 17 heteroatoms. The number of thiophene rings is 1. The quantitative estimate of drug-likeness (QED) is 0.362. The van der Waals surface area contributed by atoms with E-state index in [-0.39, 0.29) is 23.6 Å². The van der Waals surface area contributed by atoms with Gasteiger partial charge in [-0.25, -0.2) is 21.8 Å². The average molecular weight is 616 g/mol. The van der Waals surface area contributed by atoms with Crippen LogP contribution in [0.3, 0.4) is 0 Å². The van der Waals surface area contributed by atoms with Gasteiger partial charge >= 0.3 is 12.4 Å². The van der Waals surface area contributed by atoms with Crippen molar-refractivity contribution in [2.24, 2.45) is 0 Å². The predicted molar refractivity (Wildman–Crippen MR) is 128 cm³/mol. The highest BCUT2D eigenvalue weighted by atomic mass is 32.3. The predicted octanol–water partition coefficient (Wildman–Crippen LogP) is 4.95. The van der Waals surface area contributed by atoms with Crippen molar-refractivity contribution in [2.45, 2.75) is 44.7 Å². The van der Waals surface area contributed by atoms with E-state index >= 15 is 0 Å². The zero-order valence-corrected chi connectivity index (χ0v) is 22.2. The lowest BCUT2D eigenvalue weighted by atomic mass is 10.1. The normalized spacial score (nSPS) is 18.7. The number of halogens is 6. The van der Waals surface area contributed by atoms with Crippen LogP contribution in [0.1, 0.15) is 24.5 Å². The Labute approximate surface area is 223 Å². The molecule has 1 aliphatic rings. The third-order valence-electron chi connectivity index (χ3n) is 5.64. The number of hydrogen-bond acceptors (Lipinski definition) is 8. The summed E-state index contributed by atoms with van der Waals surface area (Å²) in [6.45, 7) is 2.37. The lowest BCUT2D eigenvalue weighted by Gasteiger charge is -2.27. The Morgan fingerprint density at radius 3 is 2.26 bits per heavy atom. The minimum absolute atomic E-state index is 0.152. The molecule has 0 bridgehead atoms. The van der Waals surface area contributed by atoms with Crippen LogP contribution < -0.4 is 14.8 Å². The fourth-order valence-electron chi connectivity index (χ4n) is 3.76. The monoisotopic (exact) mass is 615 g/mol. The van der Waals surface area contributed by atoms with Crippen molar-refractivity contribution < 1.29 is 47.9 Å². The molecule has 0 amide bonds. The Kier molecular flexibility index (Phi) is 7.42. The summed E-state index contributed by atoms with van der Waals surface area (Å²) in [5.41, 5.74) is -3.94. The average Bonchev–Trinajstić information content (AvgIpc) is 3.48. The highest BCUT2D eigenvalue weighted by molar-refractivity contribution is 7.96. The van der Waals surface area contributed by atoms with E-state index in [1.165, 1.54) is 0 Å². The zero-order chi connectivity index (χ0) is 28.9. The van der Waals surface area contributed by atoms with Gasteiger partial charge in [-0.1, -0.05) is 0 Å². The number of nitrogens with one attached hydrogen (secondary N) is 2. The molecule has 1 aromatic carbocycles. The van der Waals surface area contributed by atoms with E-state index in [2.05, 4.69) is 15.0 Å². The Balaban J connectivity index is 1.66. The molecule has 0 saturated carbocycles. The Bertz CT molecular complexity index is 1600. The van der Waals surface area contributed by atoms with Gasteiger partial charge in [-0.2, -0.15) is 26.3 Å². The van der Waals surface area contributed by atoms with Crippen LogP contribution in [0.5, 0.6) is 5.75 Å². The summed E-state index contributed by atoms with van der Waals surface area (Å²) in [5, 5.41) is 1.68. The molecule has 3 aromatic rings. The van der Waals surface area contributed by atoms with Crippen LogP contribution >= 0.6 is 11.3 Å². The SMILES string of the molecule is C[C@@]1(Oc2cc(NS(=O)(=O)c3ccc(S(=O)(=O)c4ncccc4C(F)(F)F)s3)ccc2C(F)(F)F)CCNC1. The Morgan fingerprint density at radius 2 is 1.64 bits per heavy atom. The molecule has 39 heavy (non-hydrogen) atoms. The lowest BCUT2D eigenvalue weighted by molar-refractivity contribution is -0.141. The molecular formula is C22H19F6N3O5S3. The topological polar surface area (TPSA) is 114 Å². The first kappa shape index (κ1) is 29.1. The van der Waals surface area contributed by atoms with E-state index in [0.29, 0.717) is 25.1 Å². The zero-order valence-electron chi connectivity index (χ0n) is 19.7. The van der Waals surface area contributed by atoms with Crippen molar-refractivity contribution in [3.05, 3.63) is 59.8 Å². The van der Waals surface area contributed by atoms with Gasteiger partial charge in [0.1, 0.15) is 19.8 Å². The highest BCUT2D eigenvalue weighted by Crippen LogP contribution is 2.41. The van der Waals surface area contributed by atoms with Crippen molar-refractivity contribution in [3.63, 3.8) is 0 Å². The summed E-state index contributed by atoms with van der Waals surface area (Å²) in [6.07, 6.45) is -8.59. The second kappa shape index (κ2) is 9.94. The van der Waals surface area contributed by atoms with Gasteiger partial charge in [0.05, 0.1) is 16.8 Å². The fourth-order valence-corrected chi connectivity index (χ4v) is 8.07. The summed E-state index contributed by atoms with van der Waals surface area (Å²) in [7, 11) is -9.44.